The zero-order valence-electron chi connectivity index (χ0n) is 19.9. The van der Waals surface area contributed by atoms with Gasteiger partial charge in [-0.25, -0.2) is 12.8 Å². The summed E-state index contributed by atoms with van der Waals surface area (Å²) in [5.41, 5.74) is 1.73. The van der Waals surface area contributed by atoms with E-state index in [4.69, 9.17) is 0 Å². The van der Waals surface area contributed by atoms with Crippen molar-refractivity contribution >= 4 is 32.6 Å². The van der Waals surface area contributed by atoms with Crippen LogP contribution in [0.15, 0.2) is 90.0 Å². The Morgan fingerprint density at radius 1 is 0.784 bits per heavy atom. The van der Waals surface area contributed by atoms with Crippen molar-refractivity contribution in [2.75, 3.05) is 26.2 Å². The lowest BCUT2D eigenvalue weighted by Gasteiger charge is -2.35. The van der Waals surface area contributed by atoms with Gasteiger partial charge in [-0.1, -0.05) is 36.4 Å². The highest BCUT2D eigenvalue weighted by Crippen LogP contribution is 2.24. The van der Waals surface area contributed by atoms with Crippen LogP contribution in [-0.2, 0) is 15.6 Å². The number of amides is 2. The number of rotatable bonds is 5. The van der Waals surface area contributed by atoms with Crippen molar-refractivity contribution in [2.45, 2.75) is 10.6 Å². The lowest BCUT2D eigenvalue weighted by atomic mass is 10.1. The maximum atomic E-state index is 13.5. The van der Waals surface area contributed by atoms with E-state index in [1.165, 1.54) is 18.2 Å². The van der Waals surface area contributed by atoms with E-state index in [1.54, 1.807) is 64.5 Å². The molecule has 0 unspecified atom stereocenters. The zero-order valence-corrected chi connectivity index (χ0v) is 20.7. The third-order valence-corrected chi connectivity index (χ3v) is 8.13. The zero-order chi connectivity index (χ0) is 26.0. The molecular formula is C28H24FN3O4S. The number of sulfone groups is 1. The predicted molar refractivity (Wildman–Crippen MR) is 137 cm³/mol. The summed E-state index contributed by atoms with van der Waals surface area (Å²) in [5, 5.41) is 0.752. The van der Waals surface area contributed by atoms with Gasteiger partial charge in [0, 0.05) is 48.9 Å². The topological polar surface area (TPSA) is 87.6 Å². The van der Waals surface area contributed by atoms with Crippen LogP contribution in [0, 0.1) is 5.82 Å². The van der Waals surface area contributed by atoms with Crippen molar-refractivity contribution in [3.8, 4) is 0 Å². The van der Waals surface area contributed by atoms with Gasteiger partial charge >= 0.3 is 0 Å². The number of nitrogens with zero attached hydrogens (tertiary/aromatic N) is 3. The molecule has 0 atom stereocenters. The molecule has 7 nitrogen and oxygen atoms in total. The Morgan fingerprint density at radius 3 is 2.08 bits per heavy atom. The molecule has 0 radical (unpaired) electrons. The van der Waals surface area contributed by atoms with Crippen molar-refractivity contribution in [2.24, 2.45) is 0 Å². The van der Waals surface area contributed by atoms with E-state index >= 15 is 0 Å². The molecule has 2 heterocycles. The van der Waals surface area contributed by atoms with E-state index in [2.05, 4.69) is 4.98 Å². The van der Waals surface area contributed by atoms with Crippen LogP contribution in [-0.4, -0.2) is 61.2 Å². The summed E-state index contributed by atoms with van der Waals surface area (Å²) in [5.74, 6) is -1.13. The maximum Gasteiger partial charge on any atom is 0.254 e. The lowest BCUT2D eigenvalue weighted by Crippen LogP contribution is -2.50. The molecule has 0 bridgehead atoms. The Hall–Kier alpha value is -4.11. The van der Waals surface area contributed by atoms with Crippen molar-refractivity contribution in [1.82, 2.24) is 14.8 Å². The molecule has 1 aromatic heterocycles. The summed E-state index contributed by atoms with van der Waals surface area (Å²) in [7, 11) is -3.65. The summed E-state index contributed by atoms with van der Waals surface area (Å²) in [4.78, 5) is 33.3. The number of carbonyl (C=O) groups excluding carboxylic acids is 2. The molecule has 4 aromatic rings. The average Bonchev–Trinajstić information content (AvgIpc) is 2.92. The van der Waals surface area contributed by atoms with Gasteiger partial charge in [-0.2, -0.15) is 0 Å². The van der Waals surface area contributed by atoms with Crippen molar-refractivity contribution in [3.05, 3.63) is 108 Å². The second-order valence-corrected chi connectivity index (χ2v) is 10.8. The first-order valence-corrected chi connectivity index (χ1v) is 13.5. The number of aromatic nitrogens is 1. The van der Waals surface area contributed by atoms with Crippen molar-refractivity contribution in [3.63, 3.8) is 0 Å². The normalized spacial score (nSPS) is 14.1. The van der Waals surface area contributed by atoms with Gasteiger partial charge in [-0.05, 0) is 48.0 Å². The first-order chi connectivity index (χ1) is 17.8. The van der Waals surface area contributed by atoms with Gasteiger partial charge < -0.3 is 9.80 Å². The SMILES string of the molecule is O=C(c1ccc(CS(=O)(=O)c2cccc3cccnc23)cc1)N1CCN(C(=O)c2cccc(F)c2)CC1. The minimum atomic E-state index is -3.65. The number of fused-ring (bicyclic) bond motifs is 1. The molecule has 2 amide bonds. The largest absolute Gasteiger partial charge is 0.335 e. The van der Waals surface area contributed by atoms with Crippen LogP contribution >= 0.6 is 0 Å². The van der Waals surface area contributed by atoms with Gasteiger partial charge in [0.05, 0.1) is 16.2 Å². The van der Waals surface area contributed by atoms with Crippen LogP contribution in [0.5, 0.6) is 0 Å². The number of carbonyl (C=O) groups is 2. The van der Waals surface area contributed by atoms with Gasteiger partial charge in [0.2, 0.25) is 0 Å². The number of hydrogen-bond acceptors (Lipinski definition) is 5. The average molecular weight is 518 g/mol. The van der Waals surface area contributed by atoms with Crippen LogP contribution < -0.4 is 0 Å². The van der Waals surface area contributed by atoms with E-state index < -0.39 is 15.7 Å². The summed E-state index contributed by atoms with van der Waals surface area (Å²) < 4.78 is 39.7. The van der Waals surface area contributed by atoms with Crippen molar-refractivity contribution in [1.29, 1.82) is 0 Å². The lowest BCUT2D eigenvalue weighted by molar-refractivity contribution is 0.0535. The summed E-state index contributed by atoms with van der Waals surface area (Å²) >= 11 is 0. The molecule has 9 heteroatoms. The van der Waals surface area contributed by atoms with E-state index in [-0.39, 0.29) is 28.0 Å². The molecule has 1 fully saturated rings. The highest BCUT2D eigenvalue weighted by atomic mass is 32.2. The summed E-state index contributed by atoms with van der Waals surface area (Å²) in [6.07, 6.45) is 1.57. The van der Waals surface area contributed by atoms with E-state index in [0.29, 0.717) is 42.8 Å². The quantitative estimate of drug-likeness (QED) is 0.400. The highest BCUT2D eigenvalue weighted by molar-refractivity contribution is 7.90. The molecule has 5 rings (SSSR count). The van der Waals surface area contributed by atoms with Crippen LogP contribution in [0.4, 0.5) is 4.39 Å². The molecule has 0 aliphatic carbocycles. The highest BCUT2D eigenvalue weighted by Gasteiger charge is 2.26. The van der Waals surface area contributed by atoms with Crippen LogP contribution in [0.1, 0.15) is 26.3 Å². The predicted octanol–water partition coefficient (Wildman–Crippen LogP) is 3.95. The Morgan fingerprint density at radius 2 is 1.41 bits per heavy atom. The van der Waals surface area contributed by atoms with Gasteiger partial charge in [0.1, 0.15) is 5.82 Å². The van der Waals surface area contributed by atoms with E-state index in [0.717, 1.165) is 5.39 Å². The minimum Gasteiger partial charge on any atom is -0.335 e. The molecule has 188 valence electrons. The number of piperazine rings is 1. The smallest absolute Gasteiger partial charge is 0.254 e. The van der Waals surface area contributed by atoms with Crippen LogP contribution in [0.25, 0.3) is 10.9 Å². The second kappa shape index (κ2) is 10.1. The molecule has 0 N–H and O–H groups in total. The van der Waals surface area contributed by atoms with Crippen molar-refractivity contribution < 1.29 is 22.4 Å². The Kier molecular flexibility index (Phi) is 6.71. The molecular weight excluding hydrogens is 493 g/mol. The molecule has 0 spiro atoms. The maximum absolute atomic E-state index is 13.5. The summed E-state index contributed by atoms with van der Waals surface area (Å²) in [6, 6.07) is 20.8. The van der Waals surface area contributed by atoms with Gasteiger partial charge in [-0.15, -0.1) is 0 Å². The third kappa shape index (κ3) is 5.22. The number of hydrogen-bond donors (Lipinski definition) is 0. The first-order valence-electron chi connectivity index (χ1n) is 11.8. The fraction of sp³-hybridized carbons (Fsp3) is 0.179. The van der Waals surface area contributed by atoms with Crippen LogP contribution in [0.3, 0.4) is 0 Å². The van der Waals surface area contributed by atoms with Gasteiger partial charge in [0.15, 0.2) is 9.84 Å². The van der Waals surface area contributed by atoms with E-state index in [1.807, 2.05) is 12.1 Å². The number of benzene rings is 3. The number of halogens is 1. The first kappa shape index (κ1) is 24.6. The number of para-hydroxylation sites is 1. The Bertz CT molecular complexity index is 1580. The minimum absolute atomic E-state index is 0.177. The molecule has 1 aliphatic heterocycles. The van der Waals surface area contributed by atoms with E-state index in [9.17, 15) is 22.4 Å². The molecule has 1 saturated heterocycles. The third-order valence-electron chi connectivity index (χ3n) is 6.41. The van der Waals surface area contributed by atoms with Gasteiger partial charge in [0.25, 0.3) is 11.8 Å². The van der Waals surface area contributed by atoms with Gasteiger partial charge in [-0.3, -0.25) is 14.6 Å². The number of pyridine rings is 1. The standard InChI is InChI=1S/C28H24FN3O4S/c29-24-7-1-5-23(18-24)28(34)32-16-14-31(15-17-32)27(33)22-11-9-20(10-12-22)19-37(35,36)25-8-2-4-21-6-3-13-30-26(21)25/h1-13,18H,14-17,19H2. The van der Waals surface area contributed by atoms with Crippen LogP contribution in [0.2, 0.25) is 0 Å². The molecule has 1 aliphatic rings. The fourth-order valence-electron chi connectivity index (χ4n) is 4.47. The molecule has 37 heavy (non-hydrogen) atoms. The molecule has 3 aromatic carbocycles. The summed E-state index contributed by atoms with van der Waals surface area (Å²) in [6.45, 7) is 1.39. The fourth-order valence-corrected chi connectivity index (χ4v) is 6.01. The monoisotopic (exact) mass is 517 g/mol. The Balaban J connectivity index is 1.23. The Labute approximate surface area is 214 Å². The molecule has 0 saturated carbocycles. The second-order valence-electron chi connectivity index (χ2n) is 8.88.